The van der Waals surface area contributed by atoms with Crippen molar-refractivity contribution in [3.63, 3.8) is 0 Å². The summed E-state index contributed by atoms with van der Waals surface area (Å²) in [6, 6.07) is 12.4. The van der Waals surface area contributed by atoms with Crippen molar-refractivity contribution in [3.05, 3.63) is 48.0 Å². The average Bonchev–Trinajstić information content (AvgIpc) is 2.39. The lowest BCUT2D eigenvalue weighted by molar-refractivity contribution is 0.442. The highest BCUT2D eigenvalue weighted by Crippen LogP contribution is 2.34. The van der Waals surface area contributed by atoms with Gasteiger partial charge in [0.05, 0.1) is 0 Å². The van der Waals surface area contributed by atoms with Gasteiger partial charge in [-0.2, -0.15) is 8.42 Å². The van der Waals surface area contributed by atoms with Gasteiger partial charge in [-0.1, -0.05) is 44.7 Å². The van der Waals surface area contributed by atoms with Gasteiger partial charge in [-0.15, -0.1) is 0 Å². The van der Waals surface area contributed by atoms with Crippen molar-refractivity contribution in [3.8, 4) is 5.75 Å². The van der Waals surface area contributed by atoms with Gasteiger partial charge < -0.3 is 5.11 Å². The zero-order chi connectivity index (χ0) is 16.5. The van der Waals surface area contributed by atoms with E-state index in [0.717, 1.165) is 4.90 Å². The van der Waals surface area contributed by atoms with E-state index in [1.807, 2.05) is 24.3 Å². The summed E-state index contributed by atoms with van der Waals surface area (Å²) in [5.74, 6) is -0.213. The number of benzene rings is 2. The van der Waals surface area contributed by atoms with Crippen LogP contribution in [0.3, 0.4) is 0 Å². The van der Waals surface area contributed by atoms with Crippen LogP contribution in [0.1, 0.15) is 26.3 Å². The van der Waals surface area contributed by atoms with E-state index in [2.05, 4.69) is 20.8 Å². The largest absolute Gasteiger partial charge is 0.592 e. The Labute approximate surface area is 134 Å². The maximum absolute atomic E-state index is 11.2. The number of hydrogen-bond donors (Lipinski definition) is 1. The second kappa shape index (κ2) is 5.95. The molecule has 0 bridgehead atoms. The van der Waals surface area contributed by atoms with Crippen LogP contribution in [0.2, 0.25) is 0 Å². The summed E-state index contributed by atoms with van der Waals surface area (Å²) in [5.41, 5.74) is 1.30. The smallest absolute Gasteiger partial charge is 0.303 e. The Balaban J connectivity index is 2.28. The molecule has 0 aliphatic heterocycles. The first kappa shape index (κ1) is 16.9. The molecule has 0 saturated heterocycles. The van der Waals surface area contributed by atoms with Gasteiger partial charge in [0.2, 0.25) is 0 Å². The molecule has 0 aliphatic carbocycles. The Hall–Kier alpha value is -1.50. The molecular weight excluding hydrogens is 320 g/mol. The van der Waals surface area contributed by atoms with Crippen molar-refractivity contribution in [2.75, 3.05) is 0 Å². The van der Waals surface area contributed by atoms with Crippen LogP contribution in [0.15, 0.2) is 57.2 Å². The van der Waals surface area contributed by atoms with E-state index < -0.39 is 10.1 Å². The van der Waals surface area contributed by atoms with Crippen LogP contribution in [0.25, 0.3) is 0 Å². The molecule has 2 rings (SSSR count). The summed E-state index contributed by atoms with van der Waals surface area (Å²) in [7, 11) is -4.38. The maximum Gasteiger partial charge on any atom is 0.303 e. The highest BCUT2D eigenvalue weighted by molar-refractivity contribution is 7.99. The third-order valence-electron chi connectivity index (χ3n) is 3.19. The first-order chi connectivity index (χ1) is 10.1. The Kier molecular flexibility index (Phi) is 4.56. The minimum absolute atomic E-state index is 0.0776. The van der Waals surface area contributed by atoms with Gasteiger partial charge in [-0.05, 0) is 35.2 Å². The predicted molar refractivity (Wildman–Crippen MR) is 88.6 cm³/mol. The third kappa shape index (κ3) is 4.03. The third-order valence-corrected chi connectivity index (χ3v) is 5.08. The van der Waals surface area contributed by atoms with E-state index in [0.29, 0.717) is 4.90 Å². The summed E-state index contributed by atoms with van der Waals surface area (Å²) in [5, 5.41) is 7.55. The maximum atomic E-state index is 11.2. The van der Waals surface area contributed by atoms with E-state index in [4.69, 9.17) is 9.66 Å². The molecular formula is C16H19O4S2+. The van der Waals surface area contributed by atoms with Gasteiger partial charge in [0.15, 0.2) is 4.90 Å². The Morgan fingerprint density at radius 2 is 1.55 bits per heavy atom. The molecule has 0 fully saturated rings. The monoisotopic (exact) mass is 339 g/mol. The topological polar surface area (TPSA) is 77.3 Å². The minimum Gasteiger partial charge on any atom is -0.592 e. The molecule has 4 nitrogen and oxygen atoms in total. The summed E-state index contributed by atoms with van der Waals surface area (Å²) in [4.78, 5) is 1.25. The number of rotatable bonds is 3. The second-order valence-electron chi connectivity index (χ2n) is 6.01. The number of hydrogen-bond acceptors (Lipinski definition) is 3. The standard InChI is InChI=1S/C16H18O4S2/c1-16(2,3)11-4-6-12(7-5-11)21-13-8-9-14(17)15(10-13)22(18,19)20/h4-10,17H,1-3H3,(H,18,19,20)/p+1. The van der Waals surface area contributed by atoms with Gasteiger partial charge in [0, 0.05) is 15.9 Å². The molecule has 0 aromatic heterocycles. The van der Waals surface area contributed by atoms with Gasteiger partial charge >= 0.3 is 10.1 Å². The fraction of sp³-hybridized carbons (Fsp3) is 0.250. The zero-order valence-electron chi connectivity index (χ0n) is 12.6. The quantitative estimate of drug-likeness (QED) is 0.681. The summed E-state index contributed by atoms with van der Waals surface area (Å²) in [6.45, 7) is 6.42. The fourth-order valence-corrected chi connectivity index (χ4v) is 3.49. The molecule has 22 heavy (non-hydrogen) atoms. The second-order valence-corrected chi connectivity index (χ2v) is 8.55. The van der Waals surface area contributed by atoms with Crippen molar-refractivity contribution in [2.24, 2.45) is 0 Å². The predicted octanol–water partition coefficient (Wildman–Crippen LogP) is 3.82. The summed E-state index contributed by atoms with van der Waals surface area (Å²) in [6.07, 6.45) is 0. The molecule has 0 saturated carbocycles. The molecule has 0 atom stereocenters. The molecule has 0 heterocycles. The fourth-order valence-electron chi connectivity index (χ4n) is 1.94. The zero-order valence-corrected chi connectivity index (χ0v) is 14.3. The van der Waals surface area contributed by atoms with Crippen molar-refractivity contribution < 1.29 is 18.1 Å². The molecule has 0 amide bonds. The normalized spacial score (nSPS) is 12.4. The average molecular weight is 339 g/mol. The molecule has 2 aromatic carbocycles. The summed E-state index contributed by atoms with van der Waals surface area (Å²) >= 11 is 1.39. The van der Waals surface area contributed by atoms with E-state index in [-0.39, 0.29) is 16.1 Å². The Morgan fingerprint density at radius 1 is 1.00 bits per heavy atom. The molecule has 6 heteroatoms. The Morgan fingerprint density at radius 3 is 2.05 bits per heavy atom. The first-order valence-electron chi connectivity index (χ1n) is 6.69. The summed E-state index contributed by atoms with van der Waals surface area (Å²) < 4.78 is 31.6. The molecule has 3 N–H and O–H groups in total. The van der Waals surface area contributed by atoms with Crippen molar-refractivity contribution in [2.45, 2.75) is 40.9 Å². The van der Waals surface area contributed by atoms with Crippen LogP contribution in [0.4, 0.5) is 0 Å². The van der Waals surface area contributed by atoms with Crippen LogP contribution in [-0.4, -0.2) is 18.1 Å². The van der Waals surface area contributed by atoms with Crippen LogP contribution >= 0.6 is 11.8 Å². The molecule has 0 spiro atoms. The first-order valence-corrected chi connectivity index (χ1v) is 8.94. The highest BCUT2D eigenvalue weighted by atomic mass is 32.2. The van der Waals surface area contributed by atoms with Crippen LogP contribution in [-0.2, 0) is 15.5 Å². The molecule has 0 unspecified atom stereocenters. The molecule has 0 aliphatic rings. The molecule has 2 aromatic rings. The van der Waals surface area contributed by atoms with Crippen LogP contribution in [0, 0.1) is 0 Å². The lowest BCUT2D eigenvalue weighted by Crippen LogP contribution is -2.10. The van der Waals surface area contributed by atoms with E-state index in [9.17, 15) is 8.42 Å². The van der Waals surface area contributed by atoms with Crippen LogP contribution in [0.5, 0.6) is 5.75 Å². The van der Waals surface area contributed by atoms with Gasteiger partial charge in [-0.25, -0.2) is 0 Å². The van der Waals surface area contributed by atoms with Crippen molar-refractivity contribution >= 4 is 21.9 Å². The van der Waals surface area contributed by atoms with E-state index in [1.165, 1.54) is 29.5 Å². The van der Waals surface area contributed by atoms with Crippen molar-refractivity contribution in [1.29, 1.82) is 0 Å². The minimum atomic E-state index is -4.38. The molecule has 118 valence electrons. The lowest BCUT2D eigenvalue weighted by atomic mass is 9.87. The van der Waals surface area contributed by atoms with Gasteiger partial charge in [-0.3, -0.25) is 4.55 Å². The lowest BCUT2D eigenvalue weighted by Gasteiger charge is -2.19. The molecule has 0 radical (unpaired) electrons. The highest BCUT2D eigenvalue weighted by Gasteiger charge is 2.20. The van der Waals surface area contributed by atoms with E-state index in [1.54, 1.807) is 6.07 Å². The van der Waals surface area contributed by atoms with Crippen molar-refractivity contribution in [1.82, 2.24) is 0 Å². The SMILES string of the molecule is CC(C)(C)c1ccc(Sc2ccc([OH2+])c(S(=O)(=O)O)c2)cc1. The van der Waals surface area contributed by atoms with E-state index >= 15 is 0 Å². The van der Waals surface area contributed by atoms with Gasteiger partial charge in [0.1, 0.15) is 0 Å². The van der Waals surface area contributed by atoms with Crippen LogP contribution < -0.4 is 0 Å². The Bertz CT molecular complexity index is 773. The van der Waals surface area contributed by atoms with Gasteiger partial charge in [0.25, 0.3) is 5.75 Å².